The normalized spacial score (nSPS) is 10.8. The summed E-state index contributed by atoms with van der Waals surface area (Å²) in [6, 6.07) is 5.14. The van der Waals surface area contributed by atoms with Gasteiger partial charge in [-0.2, -0.15) is 0 Å². The van der Waals surface area contributed by atoms with Crippen LogP contribution in [0.25, 0.3) is 0 Å². The number of rotatable bonds is 4. The lowest BCUT2D eigenvalue weighted by atomic mass is 9.99. The number of benzene rings is 1. The van der Waals surface area contributed by atoms with Crippen LogP contribution in [0.5, 0.6) is 5.75 Å². The van der Waals surface area contributed by atoms with Crippen LogP contribution in [0.4, 0.5) is 5.69 Å². The number of aromatic nitrogens is 1. The molecule has 0 fully saturated rings. The Balaban J connectivity index is 2.16. The van der Waals surface area contributed by atoms with Gasteiger partial charge in [0.25, 0.3) is 0 Å². The quantitative estimate of drug-likeness (QED) is 0.840. The van der Waals surface area contributed by atoms with Crippen molar-refractivity contribution in [2.24, 2.45) is 0 Å². The van der Waals surface area contributed by atoms with E-state index in [-0.39, 0.29) is 24.0 Å². The van der Waals surface area contributed by atoms with Crippen LogP contribution in [-0.4, -0.2) is 16.2 Å². The van der Waals surface area contributed by atoms with E-state index in [1.807, 2.05) is 26.8 Å². The summed E-state index contributed by atoms with van der Waals surface area (Å²) in [4.78, 5) is 11.9. The van der Waals surface area contributed by atoms with Crippen molar-refractivity contribution in [3.63, 3.8) is 0 Å². The van der Waals surface area contributed by atoms with Gasteiger partial charge >= 0.3 is 0 Å². The van der Waals surface area contributed by atoms with Gasteiger partial charge in [-0.25, -0.2) is 0 Å². The largest absolute Gasteiger partial charge is 0.508 e. The van der Waals surface area contributed by atoms with Gasteiger partial charge < -0.3 is 14.9 Å². The zero-order valence-electron chi connectivity index (χ0n) is 11.8. The smallest absolute Gasteiger partial charge is 0.230 e. The monoisotopic (exact) mass is 274 g/mol. The Labute approximate surface area is 117 Å². The van der Waals surface area contributed by atoms with Crippen molar-refractivity contribution >= 4 is 11.6 Å². The zero-order valence-corrected chi connectivity index (χ0v) is 11.8. The predicted octanol–water partition coefficient (Wildman–Crippen LogP) is 2.99. The van der Waals surface area contributed by atoms with Crippen LogP contribution in [-0.2, 0) is 11.2 Å². The second kappa shape index (κ2) is 5.77. The van der Waals surface area contributed by atoms with E-state index < -0.39 is 0 Å². The molecule has 2 N–H and O–H groups in total. The fourth-order valence-electron chi connectivity index (χ4n) is 1.99. The van der Waals surface area contributed by atoms with E-state index in [4.69, 9.17) is 4.52 Å². The van der Waals surface area contributed by atoms with Crippen molar-refractivity contribution < 1.29 is 14.4 Å². The first-order valence-electron chi connectivity index (χ1n) is 6.50. The highest BCUT2D eigenvalue weighted by molar-refractivity contribution is 5.93. The van der Waals surface area contributed by atoms with E-state index in [0.29, 0.717) is 11.4 Å². The lowest BCUT2D eigenvalue weighted by Gasteiger charge is -2.14. The molecule has 5 heteroatoms. The molecule has 5 nitrogen and oxygen atoms in total. The summed E-state index contributed by atoms with van der Waals surface area (Å²) < 4.78 is 4.69. The van der Waals surface area contributed by atoms with Gasteiger partial charge in [0, 0.05) is 11.8 Å². The van der Waals surface area contributed by atoms with Crippen molar-refractivity contribution in [3.8, 4) is 5.75 Å². The molecule has 0 aliphatic heterocycles. The van der Waals surface area contributed by atoms with Gasteiger partial charge in [-0.05, 0) is 36.1 Å². The van der Waals surface area contributed by atoms with E-state index in [9.17, 15) is 9.90 Å². The number of aryl methyl sites for hydroxylation is 1. The molecule has 0 aliphatic rings. The molecule has 0 saturated heterocycles. The first kappa shape index (κ1) is 14.1. The molecule has 0 unspecified atom stereocenters. The summed E-state index contributed by atoms with van der Waals surface area (Å²) in [7, 11) is 0. The molecule has 1 aromatic heterocycles. The number of aromatic hydroxyl groups is 1. The molecule has 0 radical (unpaired) electrons. The summed E-state index contributed by atoms with van der Waals surface area (Å²) in [6.07, 6.45) is 1.60. The summed E-state index contributed by atoms with van der Waals surface area (Å²) in [5.41, 5.74) is 2.93. The summed E-state index contributed by atoms with van der Waals surface area (Å²) in [5, 5.41) is 16.4. The molecular formula is C15H18N2O3. The molecule has 0 atom stereocenters. The summed E-state index contributed by atoms with van der Waals surface area (Å²) in [5.74, 6) is 0.274. The Kier molecular flexibility index (Phi) is 4.08. The molecule has 20 heavy (non-hydrogen) atoms. The van der Waals surface area contributed by atoms with Crippen molar-refractivity contribution in [1.82, 2.24) is 5.16 Å². The fourth-order valence-corrected chi connectivity index (χ4v) is 1.99. The number of phenolic OH excluding ortho intramolecular Hbond substituents is 1. The average molecular weight is 274 g/mol. The predicted molar refractivity (Wildman–Crippen MR) is 75.8 cm³/mol. The molecule has 106 valence electrons. The molecule has 1 heterocycles. The number of phenols is 1. The number of anilines is 1. The Bertz CT molecular complexity index is 604. The second-order valence-electron chi connectivity index (χ2n) is 5.10. The Hall–Kier alpha value is -2.30. The van der Waals surface area contributed by atoms with Gasteiger partial charge in [-0.3, -0.25) is 4.79 Å². The highest BCUT2D eigenvalue weighted by Gasteiger charge is 2.12. The lowest BCUT2D eigenvalue weighted by Crippen LogP contribution is -2.15. The SMILES string of the molecule is Cc1cc(O)c(C(C)C)cc1NC(=O)Cc1ccon1. The minimum absolute atomic E-state index is 0.161. The van der Waals surface area contributed by atoms with Crippen molar-refractivity contribution in [3.05, 3.63) is 41.3 Å². The lowest BCUT2D eigenvalue weighted by molar-refractivity contribution is -0.115. The second-order valence-corrected chi connectivity index (χ2v) is 5.10. The van der Waals surface area contributed by atoms with Crippen molar-refractivity contribution in [2.75, 3.05) is 5.32 Å². The average Bonchev–Trinajstić information content (AvgIpc) is 2.84. The zero-order chi connectivity index (χ0) is 14.7. The summed E-state index contributed by atoms with van der Waals surface area (Å²) >= 11 is 0. The van der Waals surface area contributed by atoms with Crippen LogP contribution in [0.2, 0.25) is 0 Å². The maximum atomic E-state index is 11.9. The number of nitrogens with one attached hydrogen (secondary N) is 1. The van der Waals surface area contributed by atoms with Crippen LogP contribution >= 0.6 is 0 Å². The third-order valence-electron chi connectivity index (χ3n) is 3.10. The van der Waals surface area contributed by atoms with Gasteiger partial charge in [0.15, 0.2) is 0 Å². The molecule has 1 amide bonds. The minimum Gasteiger partial charge on any atom is -0.508 e. The van der Waals surface area contributed by atoms with Crippen LogP contribution in [0, 0.1) is 6.92 Å². The molecule has 0 saturated carbocycles. The van der Waals surface area contributed by atoms with E-state index in [1.54, 1.807) is 12.1 Å². The number of amides is 1. The van der Waals surface area contributed by atoms with Crippen molar-refractivity contribution in [1.29, 1.82) is 0 Å². The van der Waals surface area contributed by atoms with E-state index >= 15 is 0 Å². The number of hydrogen-bond acceptors (Lipinski definition) is 4. The number of carbonyl (C=O) groups is 1. The van der Waals surface area contributed by atoms with Gasteiger partial charge in [-0.1, -0.05) is 19.0 Å². The maximum absolute atomic E-state index is 11.9. The number of carbonyl (C=O) groups excluding carboxylic acids is 1. The van der Waals surface area contributed by atoms with E-state index in [1.165, 1.54) is 6.26 Å². The molecule has 1 aromatic carbocycles. The molecule has 2 rings (SSSR count). The standard InChI is InChI=1S/C15H18N2O3/c1-9(2)12-8-13(10(3)6-14(12)18)16-15(19)7-11-4-5-20-17-11/h4-6,8-9,18H,7H2,1-3H3,(H,16,19). The highest BCUT2D eigenvalue weighted by Crippen LogP contribution is 2.31. The van der Waals surface area contributed by atoms with Crippen LogP contribution in [0.1, 0.15) is 36.6 Å². The van der Waals surface area contributed by atoms with Gasteiger partial charge in [-0.15, -0.1) is 0 Å². The van der Waals surface area contributed by atoms with Gasteiger partial charge in [0.05, 0.1) is 12.1 Å². The fraction of sp³-hybridized carbons (Fsp3) is 0.333. The Morgan fingerprint density at radius 3 is 2.80 bits per heavy atom. The van der Waals surface area contributed by atoms with Gasteiger partial charge in [0.2, 0.25) is 5.91 Å². The van der Waals surface area contributed by atoms with Crippen LogP contribution in [0.3, 0.4) is 0 Å². The minimum atomic E-state index is -0.164. The van der Waals surface area contributed by atoms with E-state index in [0.717, 1.165) is 11.1 Å². The molecule has 0 spiro atoms. The Morgan fingerprint density at radius 1 is 1.45 bits per heavy atom. The molecule has 2 aromatic rings. The van der Waals surface area contributed by atoms with E-state index in [2.05, 4.69) is 10.5 Å². The third-order valence-corrected chi connectivity index (χ3v) is 3.10. The number of hydrogen-bond donors (Lipinski definition) is 2. The molecule has 0 aliphatic carbocycles. The summed E-state index contributed by atoms with van der Waals surface area (Å²) in [6.45, 7) is 5.83. The third kappa shape index (κ3) is 3.17. The van der Waals surface area contributed by atoms with Crippen molar-refractivity contribution in [2.45, 2.75) is 33.1 Å². The first-order chi connectivity index (χ1) is 9.47. The molecule has 0 bridgehead atoms. The van der Waals surface area contributed by atoms with Crippen LogP contribution in [0.15, 0.2) is 29.0 Å². The van der Waals surface area contributed by atoms with Crippen LogP contribution < -0.4 is 5.32 Å². The Morgan fingerprint density at radius 2 is 2.20 bits per heavy atom. The maximum Gasteiger partial charge on any atom is 0.230 e. The highest BCUT2D eigenvalue weighted by atomic mass is 16.5. The molecular weight excluding hydrogens is 256 g/mol. The first-order valence-corrected chi connectivity index (χ1v) is 6.50. The van der Waals surface area contributed by atoms with Gasteiger partial charge in [0.1, 0.15) is 12.0 Å². The number of nitrogens with zero attached hydrogens (tertiary/aromatic N) is 1. The topological polar surface area (TPSA) is 75.4 Å².